The Balaban J connectivity index is 1.89. The van der Waals surface area contributed by atoms with E-state index in [1.807, 2.05) is 30.3 Å². The summed E-state index contributed by atoms with van der Waals surface area (Å²) >= 11 is 1.17. The van der Waals surface area contributed by atoms with Gasteiger partial charge in [-0.3, -0.25) is 9.59 Å². The van der Waals surface area contributed by atoms with E-state index in [-0.39, 0.29) is 23.2 Å². The van der Waals surface area contributed by atoms with Crippen molar-refractivity contribution in [1.29, 1.82) is 0 Å². The average Bonchev–Trinajstić information content (AvgIpc) is 3.14. The second-order valence-electron chi connectivity index (χ2n) is 6.38. The van der Waals surface area contributed by atoms with Crippen LogP contribution in [0.4, 0.5) is 5.13 Å². The van der Waals surface area contributed by atoms with E-state index >= 15 is 0 Å². The van der Waals surface area contributed by atoms with E-state index in [1.165, 1.54) is 18.4 Å². The van der Waals surface area contributed by atoms with Gasteiger partial charge in [-0.2, -0.15) is 0 Å². The third-order valence-electron chi connectivity index (χ3n) is 4.18. The molecule has 7 nitrogen and oxygen atoms in total. The van der Waals surface area contributed by atoms with Gasteiger partial charge in [-0.25, -0.2) is 9.78 Å². The van der Waals surface area contributed by atoms with Gasteiger partial charge in [0.25, 0.3) is 0 Å². The molecule has 1 aromatic heterocycles. The molecule has 1 amide bonds. The quantitative estimate of drug-likeness (QED) is 0.827. The monoisotopic (exact) mass is 374 g/mol. The van der Waals surface area contributed by atoms with Crippen LogP contribution in [0.1, 0.15) is 30.8 Å². The van der Waals surface area contributed by atoms with Gasteiger partial charge in [0.1, 0.15) is 5.60 Å². The van der Waals surface area contributed by atoms with Crippen molar-refractivity contribution < 1.29 is 23.9 Å². The molecular formula is C18H18N2O5S. The molecule has 2 aromatic rings. The number of carbonyl (C=O) groups is 3. The van der Waals surface area contributed by atoms with Crippen LogP contribution in [0, 0.1) is 5.92 Å². The molecule has 1 fully saturated rings. The summed E-state index contributed by atoms with van der Waals surface area (Å²) in [4.78, 5) is 41.0. The van der Waals surface area contributed by atoms with Crippen molar-refractivity contribution >= 4 is 34.3 Å². The number of amides is 1. The van der Waals surface area contributed by atoms with Gasteiger partial charge in [0.15, 0.2) is 10.8 Å². The van der Waals surface area contributed by atoms with E-state index in [0.717, 1.165) is 5.56 Å². The summed E-state index contributed by atoms with van der Waals surface area (Å²) in [7, 11) is 1.28. The molecule has 0 aliphatic carbocycles. The first-order valence-electron chi connectivity index (χ1n) is 7.99. The zero-order valence-electron chi connectivity index (χ0n) is 14.6. The number of aromatic nitrogens is 1. The van der Waals surface area contributed by atoms with E-state index in [1.54, 1.807) is 13.8 Å². The molecule has 0 unspecified atom stereocenters. The summed E-state index contributed by atoms with van der Waals surface area (Å²) in [6, 6.07) is 9.25. The third kappa shape index (κ3) is 3.45. The average molecular weight is 374 g/mol. The van der Waals surface area contributed by atoms with Gasteiger partial charge >= 0.3 is 11.9 Å². The number of nitrogens with zero attached hydrogens (tertiary/aromatic N) is 1. The number of hydrogen-bond acceptors (Lipinski definition) is 7. The smallest absolute Gasteiger partial charge is 0.358 e. The Morgan fingerprint density at radius 2 is 2.00 bits per heavy atom. The fourth-order valence-electron chi connectivity index (χ4n) is 2.81. The molecule has 1 saturated heterocycles. The molecule has 26 heavy (non-hydrogen) atoms. The molecule has 2 heterocycles. The molecule has 1 aliphatic heterocycles. The number of hydrogen-bond donors (Lipinski definition) is 1. The number of benzene rings is 1. The maximum Gasteiger partial charge on any atom is 0.358 e. The van der Waals surface area contributed by atoms with Crippen molar-refractivity contribution in [3.05, 3.63) is 36.0 Å². The number of anilines is 1. The lowest BCUT2D eigenvalue weighted by Crippen LogP contribution is -2.36. The molecule has 0 spiro atoms. The predicted octanol–water partition coefficient (Wildman–Crippen LogP) is 2.88. The van der Waals surface area contributed by atoms with E-state index < -0.39 is 23.5 Å². The standard InChI is InChI=1S/C18H18N2O5S/c1-18(2)11(9-12(21)25-18)15(22)20-17-19-13(16(23)24-3)14(26-17)10-7-5-4-6-8-10/h4-8,11H,9H2,1-3H3,(H,19,20,22)/t11-/m1/s1. The van der Waals surface area contributed by atoms with Crippen LogP contribution in [-0.4, -0.2) is 35.5 Å². The summed E-state index contributed by atoms with van der Waals surface area (Å²) in [5.74, 6) is -1.99. The zero-order valence-corrected chi connectivity index (χ0v) is 15.4. The molecular weight excluding hydrogens is 356 g/mol. The van der Waals surface area contributed by atoms with Gasteiger partial charge in [0.05, 0.1) is 24.3 Å². The molecule has 1 aromatic carbocycles. The fourth-order valence-corrected chi connectivity index (χ4v) is 3.77. The number of esters is 2. The van der Waals surface area contributed by atoms with Crippen LogP contribution < -0.4 is 5.32 Å². The Hall–Kier alpha value is -2.74. The summed E-state index contributed by atoms with van der Waals surface area (Å²) in [6.07, 6.45) is 0.0135. The van der Waals surface area contributed by atoms with Crippen LogP contribution in [-0.2, 0) is 19.1 Å². The Labute approximate surface area is 154 Å². The first kappa shape index (κ1) is 18.1. The van der Waals surface area contributed by atoms with Gasteiger partial charge in [0.2, 0.25) is 5.91 Å². The van der Waals surface area contributed by atoms with Crippen molar-refractivity contribution in [2.45, 2.75) is 25.9 Å². The van der Waals surface area contributed by atoms with Gasteiger partial charge in [-0.05, 0) is 19.4 Å². The highest BCUT2D eigenvalue weighted by Gasteiger charge is 2.46. The van der Waals surface area contributed by atoms with Crippen LogP contribution in [0.15, 0.2) is 30.3 Å². The summed E-state index contributed by atoms with van der Waals surface area (Å²) in [5.41, 5.74) is 0.0499. The van der Waals surface area contributed by atoms with Gasteiger partial charge < -0.3 is 14.8 Å². The van der Waals surface area contributed by atoms with Gasteiger partial charge in [-0.15, -0.1) is 0 Å². The fraction of sp³-hybridized carbons (Fsp3) is 0.333. The first-order chi connectivity index (χ1) is 12.3. The zero-order chi connectivity index (χ0) is 18.9. The highest BCUT2D eigenvalue weighted by molar-refractivity contribution is 7.19. The molecule has 0 bridgehead atoms. The number of nitrogens with one attached hydrogen (secondary N) is 1. The molecule has 136 valence electrons. The Bertz CT molecular complexity index is 860. The minimum atomic E-state index is -0.883. The molecule has 0 radical (unpaired) electrons. The SMILES string of the molecule is COC(=O)c1nc(NC(=O)[C@H]2CC(=O)OC2(C)C)sc1-c1ccccc1. The number of methoxy groups -OCH3 is 1. The Kier molecular flexibility index (Phi) is 4.78. The van der Waals surface area contributed by atoms with Crippen LogP contribution in [0.5, 0.6) is 0 Å². The molecule has 1 atom stereocenters. The number of ether oxygens (including phenoxy) is 2. The van der Waals surface area contributed by atoms with E-state index in [9.17, 15) is 14.4 Å². The minimum Gasteiger partial charge on any atom is -0.464 e. The summed E-state index contributed by atoms with van der Waals surface area (Å²) < 4.78 is 9.97. The summed E-state index contributed by atoms with van der Waals surface area (Å²) in [6.45, 7) is 3.39. The highest BCUT2D eigenvalue weighted by atomic mass is 32.1. The molecule has 8 heteroatoms. The van der Waals surface area contributed by atoms with Crippen LogP contribution in [0.3, 0.4) is 0 Å². The maximum atomic E-state index is 12.6. The van der Waals surface area contributed by atoms with Crippen molar-refractivity contribution in [2.75, 3.05) is 12.4 Å². The maximum absolute atomic E-state index is 12.6. The first-order valence-corrected chi connectivity index (χ1v) is 8.80. The summed E-state index contributed by atoms with van der Waals surface area (Å²) in [5, 5.41) is 2.97. The largest absolute Gasteiger partial charge is 0.464 e. The second-order valence-corrected chi connectivity index (χ2v) is 7.38. The normalized spacial score (nSPS) is 18.3. The lowest BCUT2D eigenvalue weighted by molar-refractivity contribution is -0.147. The van der Waals surface area contributed by atoms with Crippen molar-refractivity contribution in [3.8, 4) is 10.4 Å². The minimum absolute atomic E-state index is 0.0135. The number of rotatable bonds is 4. The van der Waals surface area contributed by atoms with Gasteiger partial charge in [-0.1, -0.05) is 41.7 Å². The number of carbonyl (C=O) groups excluding carboxylic acids is 3. The van der Waals surface area contributed by atoms with Crippen molar-refractivity contribution in [3.63, 3.8) is 0 Å². The number of thiazole rings is 1. The van der Waals surface area contributed by atoms with Gasteiger partial charge in [0, 0.05) is 0 Å². The molecule has 1 N–H and O–H groups in total. The van der Waals surface area contributed by atoms with Crippen LogP contribution >= 0.6 is 11.3 Å². The Morgan fingerprint density at radius 1 is 1.31 bits per heavy atom. The lowest BCUT2D eigenvalue weighted by atomic mass is 9.90. The van der Waals surface area contributed by atoms with E-state index in [2.05, 4.69) is 10.3 Å². The van der Waals surface area contributed by atoms with Crippen LogP contribution in [0.2, 0.25) is 0 Å². The molecule has 1 aliphatic rings. The Morgan fingerprint density at radius 3 is 2.58 bits per heavy atom. The van der Waals surface area contributed by atoms with E-state index in [4.69, 9.17) is 9.47 Å². The number of cyclic esters (lactones) is 1. The van der Waals surface area contributed by atoms with Crippen LogP contribution in [0.25, 0.3) is 10.4 Å². The predicted molar refractivity (Wildman–Crippen MR) is 95.8 cm³/mol. The van der Waals surface area contributed by atoms with Crippen molar-refractivity contribution in [1.82, 2.24) is 4.98 Å². The topological polar surface area (TPSA) is 94.6 Å². The van der Waals surface area contributed by atoms with E-state index in [0.29, 0.717) is 4.88 Å². The highest BCUT2D eigenvalue weighted by Crippen LogP contribution is 2.36. The third-order valence-corrected chi connectivity index (χ3v) is 5.20. The molecule has 3 rings (SSSR count). The second kappa shape index (κ2) is 6.87. The van der Waals surface area contributed by atoms with Crippen molar-refractivity contribution in [2.24, 2.45) is 5.92 Å². The lowest BCUT2D eigenvalue weighted by Gasteiger charge is -2.23. The molecule has 0 saturated carbocycles.